The molecule has 1 aliphatic heterocycles. The number of benzene rings is 1. The Kier molecular flexibility index (Phi) is 5.78. The van der Waals surface area contributed by atoms with E-state index in [9.17, 15) is 14.4 Å². The first-order chi connectivity index (χ1) is 11.4. The van der Waals surface area contributed by atoms with Crippen LogP contribution in [0.15, 0.2) is 24.3 Å². The highest BCUT2D eigenvalue weighted by Crippen LogP contribution is 2.19. The lowest BCUT2D eigenvalue weighted by Gasteiger charge is -2.36. The molecule has 0 aliphatic carbocycles. The Labute approximate surface area is 142 Å². The predicted octanol–water partition coefficient (Wildman–Crippen LogP) is 1.47. The van der Waals surface area contributed by atoms with Crippen molar-refractivity contribution in [3.8, 4) is 0 Å². The first-order valence-corrected chi connectivity index (χ1v) is 8.08. The molecule has 0 radical (unpaired) electrons. The van der Waals surface area contributed by atoms with E-state index in [4.69, 9.17) is 0 Å². The molecule has 0 atom stereocenters. The third-order valence-electron chi connectivity index (χ3n) is 3.97. The minimum absolute atomic E-state index is 0.0438. The van der Waals surface area contributed by atoms with Gasteiger partial charge < -0.3 is 20.0 Å². The number of nitrogens with zero attached hydrogens (tertiary/aromatic N) is 3. The van der Waals surface area contributed by atoms with E-state index in [1.54, 1.807) is 55.1 Å². The topological polar surface area (TPSA) is 73.0 Å². The van der Waals surface area contributed by atoms with Crippen molar-refractivity contribution in [2.24, 2.45) is 0 Å². The fourth-order valence-electron chi connectivity index (χ4n) is 2.57. The number of para-hydroxylation sites is 1. The largest absolute Gasteiger partial charge is 0.335 e. The second kappa shape index (κ2) is 7.81. The second-order valence-electron chi connectivity index (χ2n) is 5.90. The number of rotatable bonds is 3. The molecular weight excluding hydrogens is 308 g/mol. The van der Waals surface area contributed by atoms with Crippen molar-refractivity contribution >= 4 is 23.5 Å². The zero-order valence-corrected chi connectivity index (χ0v) is 14.4. The molecule has 0 unspecified atom stereocenters. The Hall–Kier alpha value is -2.57. The molecule has 1 aliphatic rings. The lowest BCUT2D eigenvalue weighted by atomic mass is 10.1. The van der Waals surface area contributed by atoms with E-state index < -0.39 is 0 Å². The number of anilines is 1. The van der Waals surface area contributed by atoms with Gasteiger partial charge >= 0.3 is 6.03 Å². The zero-order valence-electron chi connectivity index (χ0n) is 14.4. The molecule has 7 heteroatoms. The van der Waals surface area contributed by atoms with Crippen LogP contribution in [0, 0.1) is 0 Å². The molecule has 130 valence electrons. The Morgan fingerprint density at radius 1 is 1.04 bits per heavy atom. The van der Waals surface area contributed by atoms with Gasteiger partial charge in [0.25, 0.3) is 5.91 Å². The summed E-state index contributed by atoms with van der Waals surface area (Å²) < 4.78 is 0. The number of carbonyl (C=O) groups is 3. The second-order valence-corrected chi connectivity index (χ2v) is 5.90. The number of hydrogen-bond donors (Lipinski definition) is 1. The summed E-state index contributed by atoms with van der Waals surface area (Å²) in [5, 5.41) is 2.76. The molecule has 0 aromatic heterocycles. The van der Waals surface area contributed by atoms with Crippen molar-refractivity contribution in [3.05, 3.63) is 29.8 Å². The number of amides is 4. The summed E-state index contributed by atoms with van der Waals surface area (Å²) in [7, 11) is 3.43. The van der Waals surface area contributed by atoms with E-state index in [2.05, 4.69) is 5.32 Å². The van der Waals surface area contributed by atoms with Gasteiger partial charge in [0, 0.05) is 46.7 Å². The predicted molar refractivity (Wildman–Crippen MR) is 91.9 cm³/mol. The highest BCUT2D eigenvalue weighted by molar-refractivity contribution is 6.03. The van der Waals surface area contributed by atoms with Crippen molar-refractivity contribution in [2.45, 2.75) is 13.3 Å². The average Bonchev–Trinajstić information content (AvgIpc) is 2.61. The Morgan fingerprint density at radius 3 is 2.21 bits per heavy atom. The maximum absolute atomic E-state index is 12.8. The summed E-state index contributed by atoms with van der Waals surface area (Å²) >= 11 is 0. The Balaban J connectivity index is 2.06. The van der Waals surface area contributed by atoms with Crippen LogP contribution in [0.3, 0.4) is 0 Å². The highest BCUT2D eigenvalue weighted by atomic mass is 16.2. The minimum atomic E-state index is -0.128. The number of nitrogens with one attached hydrogen (secondary N) is 1. The third kappa shape index (κ3) is 4.04. The van der Waals surface area contributed by atoms with Gasteiger partial charge in [0.15, 0.2) is 0 Å². The molecule has 0 bridgehead atoms. The first-order valence-electron chi connectivity index (χ1n) is 8.08. The van der Waals surface area contributed by atoms with Crippen molar-refractivity contribution in [3.63, 3.8) is 0 Å². The van der Waals surface area contributed by atoms with Gasteiger partial charge in [0.2, 0.25) is 5.91 Å². The van der Waals surface area contributed by atoms with Crippen LogP contribution in [0.5, 0.6) is 0 Å². The van der Waals surface area contributed by atoms with Gasteiger partial charge in [-0.05, 0) is 12.1 Å². The summed E-state index contributed by atoms with van der Waals surface area (Å²) in [6.45, 7) is 3.74. The van der Waals surface area contributed by atoms with Crippen LogP contribution in [0.4, 0.5) is 10.5 Å². The molecule has 1 aromatic carbocycles. The van der Waals surface area contributed by atoms with Crippen LogP contribution in [-0.4, -0.2) is 72.8 Å². The maximum Gasteiger partial charge on any atom is 0.319 e. The summed E-state index contributed by atoms with van der Waals surface area (Å²) in [4.78, 5) is 41.3. The fraction of sp³-hybridized carbons (Fsp3) is 0.471. The van der Waals surface area contributed by atoms with Gasteiger partial charge in [-0.3, -0.25) is 9.59 Å². The molecule has 1 heterocycles. The molecule has 24 heavy (non-hydrogen) atoms. The van der Waals surface area contributed by atoms with Crippen LogP contribution in [-0.2, 0) is 4.79 Å². The molecule has 0 spiro atoms. The summed E-state index contributed by atoms with van der Waals surface area (Å²) in [5.41, 5.74) is 1.01. The summed E-state index contributed by atoms with van der Waals surface area (Å²) in [6.07, 6.45) is 0.355. The molecule has 1 N–H and O–H groups in total. The third-order valence-corrected chi connectivity index (χ3v) is 3.97. The van der Waals surface area contributed by atoms with Crippen LogP contribution in [0.25, 0.3) is 0 Å². The molecule has 2 rings (SSSR count). The molecule has 4 amide bonds. The standard InChI is InChI=1S/C17H24N4O3/c1-4-15(22)18-14-8-6-5-7-13(14)16(23)20-9-11-21(12-10-20)17(24)19(2)3/h5-8H,4,9-12H2,1-3H3,(H,18,22). The van der Waals surface area contributed by atoms with Gasteiger partial charge in [-0.2, -0.15) is 0 Å². The van der Waals surface area contributed by atoms with E-state index in [1.165, 1.54) is 4.90 Å². The quantitative estimate of drug-likeness (QED) is 0.911. The lowest BCUT2D eigenvalue weighted by Crippen LogP contribution is -2.52. The average molecular weight is 332 g/mol. The molecular formula is C17H24N4O3. The Morgan fingerprint density at radius 2 is 1.62 bits per heavy atom. The zero-order chi connectivity index (χ0) is 17.7. The molecule has 0 saturated carbocycles. The number of carbonyl (C=O) groups excluding carboxylic acids is 3. The summed E-state index contributed by atoms with van der Waals surface area (Å²) in [5.74, 6) is -0.254. The van der Waals surface area contributed by atoms with Gasteiger partial charge in [0.1, 0.15) is 0 Å². The number of hydrogen-bond acceptors (Lipinski definition) is 3. The van der Waals surface area contributed by atoms with Gasteiger partial charge in [-0.25, -0.2) is 4.79 Å². The molecule has 1 saturated heterocycles. The molecule has 1 fully saturated rings. The highest BCUT2D eigenvalue weighted by Gasteiger charge is 2.26. The van der Waals surface area contributed by atoms with Crippen LogP contribution >= 0.6 is 0 Å². The SMILES string of the molecule is CCC(=O)Nc1ccccc1C(=O)N1CCN(C(=O)N(C)C)CC1. The summed E-state index contributed by atoms with van der Waals surface area (Å²) in [6, 6.07) is 6.96. The maximum atomic E-state index is 12.8. The van der Waals surface area contributed by atoms with Crippen molar-refractivity contribution in [1.82, 2.24) is 14.7 Å². The van der Waals surface area contributed by atoms with E-state index >= 15 is 0 Å². The van der Waals surface area contributed by atoms with Crippen molar-refractivity contribution in [1.29, 1.82) is 0 Å². The van der Waals surface area contributed by atoms with Gasteiger partial charge in [-0.1, -0.05) is 19.1 Å². The van der Waals surface area contributed by atoms with Gasteiger partial charge in [-0.15, -0.1) is 0 Å². The monoisotopic (exact) mass is 332 g/mol. The van der Waals surface area contributed by atoms with Gasteiger partial charge in [0.05, 0.1) is 11.3 Å². The molecule has 1 aromatic rings. The molecule has 7 nitrogen and oxygen atoms in total. The minimum Gasteiger partial charge on any atom is -0.335 e. The van der Waals surface area contributed by atoms with E-state index in [-0.39, 0.29) is 17.8 Å². The smallest absolute Gasteiger partial charge is 0.319 e. The van der Waals surface area contributed by atoms with E-state index in [0.29, 0.717) is 43.9 Å². The normalized spacial score (nSPS) is 14.3. The Bertz CT molecular complexity index is 622. The van der Waals surface area contributed by atoms with E-state index in [0.717, 1.165) is 0 Å². The van der Waals surface area contributed by atoms with Crippen molar-refractivity contribution in [2.75, 3.05) is 45.6 Å². The first kappa shape index (κ1) is 17.8. The number of urea groups is 1. The fourth-order valence-corrected chi connectivity index (χ4v) is 2.57. The van der Waals surface area contributed by atoms with Crippen LogP contribution < -0.4 is 5.32 Å². The lowest BCUT2D eigenvalue weighted by molar-refractivity contribution is -0.115. The van der Waals surface area contributed by atoms with Crippen LogP contribution in [0.2, 0.25) is 0 Å². The van der Waals surface area contributed by atoms with E-state index in [1.807, 2.05) is 0 Å². The van der Waals surface area contributed by atoms with Crippen LogP contribution in [0.1, 0.15) is 23.7 Å². The number of piperazine rings is 1. The van der Waals surface area contributed by atoms with Crippen molar-refractivity contribution < 1.29 is 14.4 Å².